The first-order chi connectivity index (χ1) is 5.75. The van der Waals surface area contributed by atoms with Gasteiger partial charge in [-0.15, -0.1) is 11.6 Å². The number of hydrogen-bond acceptors (Lipinski definition) is 3. The minimum atomic E-state index is 0.453. The first-order valence-electron chi connectivity index (χ1n) is 3.47. The molecule has 64 valence electrons. The molecule has 0 bridgehead atoms. The molecule has 0 aromatic carbocycles. The molecule has 0 spiro atoms. The molecular weight excluding hydrogens is 174 g/mol. The van der Waals surface area contributed by atoms with Gasteiger partial charge in [-0.1, -0.05) is 12.2 Å². The van der Waals surface area contributed by atoms with Crippen LogP contribution in [0.15, 0.2) is 18.5 Å². The molecule has 4 N–H and O–H groups in total. The summed E-state index contributed by atoms with van der Waals surface area (Å²) in [5, 5.41) is 0. The number of nitrogens with two attached hydrogens (primary N) is 2. The molecule has 1 aromatic heterocycles. The molecule has 12 heavy (non-hydrogen) atoms. The maximum Gasteiger partial charge on any atom is 0.0740 e. The highest BCUT2D eigenvalue weighted by Crippen LogP contribution is 2.18. The van der Waals surface area contributed by atoms with E-state index in [1.165, 1.54) is 6.20 Å². The number of rotatable bonds is 2. The number of nitrogen functional groups attached to an aromatic ring is 2. The van der Waals surface area contributed by atoms with Crippen molar-refractivity contribution in [1.82, 2.24) is 4.98 Å². The second kappa shape index (κ2) is 3.97. The minimum Gasteiger partial charge on any atom is -0.396 e. The fourth-order valence-electron chi connectivity index (χ4n) is 0.808. The average molecular weight is 184 g/mol. The number of halogens is 1. The molecule has 0 fully saturated rings. The normalized spacial score (nSPS) is 10.8. The summed E-state index contributed by atoms with van der Waals surface area (Å²) in [6, 6.07) is 0. The van der Waals surface area contributed by atoms with Crippen molar-refractivity contribution in [3.63, 3.8) is 0 Å². The number of anilines is 2. The Hall–Kier alpha value is -1.22. The Kier molecular flexibility index (Phi) is 2.94. The molecule has 0 radical (unpaired) electrons. The van der Waals surface area contributed by atoms with Gasteiger partial charge >= 0.3 is 0 Å². The Labute approximate surface area is 76.0 Å². The van der Waals surface area contributed by atoms with Crippen LogP contribution in [0.1, 0.15) is 5.56 Å². The van der Waals surface area contributed by atoms with Gasteiger partial charge in [-0.2, -0.15) is 0 Å². The maximum atomic E-state index is 5.66. The molecule has 4 heteroatoms. The summed E-state index contributed by atoms with van der Waals surface area (Å²) in [6.45, 7) is 0. The van der Waals surface area contributed by atoms with E-state index in [-0.39, 0.29) is 0 Å². The van der Waals surface area contributed by atoms with E-state index >= 15 is 0 Å². The molecule has 3 nitrogen and oxygen atoms in total. The number of aromatic nitrogens is 1. The monoisotopic (exact) mass is 183 g/mol. The molecule has 0 amide bonds. The molecule has 0 saturated heterocycles. The van der Waals surface area contributed by atoms with Crippen molar-refractivity contribution < 1.29 is 0 Å². The molecule has 1 heterocycles. The highest BCUT2D eigenvalue weighted by Gasteiger charge is 1.97. The van der Waals surface area contributed by atoms with Gasteiger partial charge in [-0.3, -0.25) is 4.98 Å². The van der Waals surface area contributed by atoms with Gasteiger partial charge in [0.05, 0.1) is 17.6 Å². The minimum absolute atomic E-state index is 0.453. The Morgan fingerprint density at radius 3 is 2.83 bits per heavy atom. The van der Waals surface area contributed by atoms with Crippen LogP contribution in [-0.2, 0) is 0 Å². The van der Waals surface area contributed by atoms with Crippen LogP contribution in [0.2, 0.25) is 0 Å². The van der Waals surface area contributed by atoms with Gasteiger partial charge in [0.1, 0.15) is 0 Å². The van der Waals surface area contributed by atoms with Gasteiger partial charge in [-0.25, -0.2) is 0 Å². The van der Waals surface area contributed by atoms with Crippen LogP contribution in [0.5, 0.6) is 0 Å². The second-order valence-electron chi connectivity index (χ2n) is 2.29. The quantitative estimate of drug-likeness (QED) is 0.683. The van der Waals surface area contributed by atoms with Crippen molar-refractivity contribution in [1.29, 1.82) is 0 Å². The summed E-state index contributed by atoms with van der Waals surface area (Å²) < 4.78 is 0. The molecule has 0 unspecified atom stereocenters. The third-order valence-electron chi connectivity index (χ3n) is 1.44. The lowest BCUT2D eigenvalue weighted by Gasteiger charge is -2.01. The van der Waals surface area contributed by atoms with E-state index in [0.717, 1.165) is 5.56 Å². The number of hydrogen-bond donors (Lipinski definition) is 2. The van der Waals surface area contributed by atoms with Gasteiger partial charge in [0, 0.05) is 17.6 Å². The number of nitrogens with zero attached hydrogens (tertiary/aromatic N) is 1. The highest BCUT2D eigenvalue weighted by atomic mass is 35.5. The van der Waals surface area contributed by atoms with Gasteiger partial charge in [0.2, 0.25) is 0 Å². The zero-order valence-electron chi connectivity index (χ0n) is 6.50. The van der Waals surface area contributed by atoms with E-state index in [0.29, 0.717) is 17.3 Å². The molecular formula is C8H10ClN3. The fourth-order valence-corrected chi connectivity index (χ4v) is 0.897. The molecule has 1 aromatic rings. The van der Waals surface area contributed by atoms with Crippen LogP contribution in [0.4, 0.5) is 11.4 Å². The van der Waals surface area contributed by atoms with Crippen LogP contribution < -0.4 is 11.5 Å². The van der Waals surface area contributed by atoms with E-state index in [9.17, 15) is 0 Å². The number of allylic oxidation sites excluding steroid dienone is 1. The summed E-state index contributed by atoms with van der Waals surface area (Å²) in [5.41, 5.74) is 13.0. The lowest BCUT2D eigenvalue weighted by atomic mass is 10.2. The van der Waals surface area contributed by atoms with E-state index in [4.69, 9.17) is 23.1 Å². The highest BCUT2D eigenvalue weighted by molar-refractivity contribution is 6.19. The Morgan fingerprint density at radius 1 is 1.42 bits per heavy atom. The largest absolute Gasteiger partial charge is 0.396 e. The van der Waals surface area contributed by atoms with Gasteiger partial charge in [0.25, 0.3) is 0 Å². The maximum absolute atomic E-state index is 5.66. The average Bonchev–Trinajstić information content (AvgIpc) is 2.08. The van der Waals surface area contributed by atoms with Gasteiger partial charge in [0.15, 0.2) is 0 Å². The smallest absolute Gasteiger partial charge is 0.0740 e. The topological polar surface area (TPSA) is 64.9 Å². The van der Waals surface area contributed by atoms with Crippen LogP contribution in [-0.4, -0.2) is 10.9 Å². The van der Waals surface area contributed by atoms with Gasteiger partial charge in [-0.05, 0) is 0 Å². The molecule has 0 atom stereocenters. The predicted octanol–water partition coefficient (Wildman–Crippen LogP) is 1.50. The van der Waals surface area contributed by atoms with Crippen LogP contribution in [0.3, 0.4) is 0 Å². The second-order valence-corrected chi connectivity index (χ2v) is 2.60. The van der Waals surface area contributed by atoms with Crippen molar-refractivity contribution in [2.24, 2.45) is 0 Å². The first-order valence-corrected chi connectivity index (χ1v) is 4.00. The zero-order chi connectivity index (χ0) is 8.97. The predicted molar refractivity (Wildman–Crippen MR) is 52.8 cm³/mol. The van der Waals surface area contributed by atoms with E-state index in [1.807, 2.05) is 0 Å². The van der Waals surface area contributed by atoms with E-state index in [1.54, 1.807) is 18.3 Å². The van der Waals surface area contributed by atoms with E-state index < -0.39 is 0 Å². The Morgan fingerprint density at radius 2 is 2.17 bits per heavy atom. The van der Waals surface area contributed by atoms with Crippen molar-refractivity contribution in [2.45, 2.75) is 0 Å². The zero-order valence-corrected chi connectivity index (χ0v) is 7.25. The molecule has 0 aliphatic heterocycles. The third kappa shape index (κ3) is 1.89. The Balaban J connectivity index is 3.00. The van der Waals surface area contributed by atoms with Crippen molar-refractivity contribution in [3.05, 3.63) is 24.0 Å². The van der Waals surface area contributed by atoms with Crippen LogP contribution >= 0.6 is 11.6 Å². The molecule has 0 aliphatic rings. The summed E-state index contributed by atoms with van der Waals surface area (Å²) in [5.74, 6) is 0.453. The number of pyridine rings is 1. The lowest BCUT2D eigenvalue weighted by molar-refractivity contribution is 1.32. The van der Waals surface area contributed by atoms with Crippen LogP contribution in [0, 0.1) is 0 Å². The lowest BCUT2D eigenvalue weighted by Crippen LogP contribution is -1.97. The standard InChI is InChI=1S/C8H10ClN3/c9-3-1-2-6-4-12-5-7(10)8(6)11/h1-2,4-5H,3,10H2,(H2,11,12). The molecule has 0 saturated carbocycles. The number of alkyl halides is 1. The van der Waals surface area contributed by atoms with Crippen molar-refractivity contribution >= 4 is 29.1 Å². The summed E-state index contributed by atoms with van der Waals surface area (Å²) in [6.07, 6.45) is 6.75. The van der Waals surface area contributed by atoms with Crippen molar-refractivity contribution in [3.8, 4) is 0 Å². The van der Waals surface area contributed by atoms with Gasteiger partial charge < -0.3 is 11.5 Å². The van der Waals surface area contributed by atoms with E-state index in [2.05, 4.69) is 4.98 Å². The molecule has 0 aliphatic carbocycles. The summed E-state index contributed by atoms with van der Waals surface area (Å²) in [4.78, 5) is 3.90. The first kappa shape index (κ1) is 8.87. The van der Waals surface area contributed by atoms with Crippen molar-refractivity contribution in [2.75, 3.05) is 17.3 Å². The Bertz CT molecular complexity index is 296. The summed E-state index contributed by atoms with van der Waals surface area (Å²) >= 11 is 5.46. The fraction of sp³-hybridized carbons (Fsp3) is 0.125. The van der Waals surface area contributed by atoms with Crippen LogP contribution in [0.25, 0.3) is 6.08 Å². The summed E-state index contributed by atoms with van der Waals surface area (Å²) in [7, 11) is 0. The SMILES string of the molecule is Nc1cncc(C=CCCl)c1N. The third-order valence-corrected chi connectivity index (χ3v) is 1.61. The molecule has 1 rings (SSSR count).